The second-order valence-corrected chi connectivity index (χ2v) is 5.21. The summed E-state index contributed by atoms with van der Waals surface area (Å²) in [6.45, 7) is -0.360. The number of likely N-dealkylation sites (N-methyl/N-ethyl adjacent to an activating group) is 1. The van der Waals surface area contributed by atoms with Crippen molar-refractivity contribution in [1.82, 2.24) is 15.0 Å². The molecule has 1 heterocycles. The summed E-state index contributed by atoms with van der Waals surface area (Å²) < 4.78 is 25.5. The summed E-state index contributed by atoms with van der Waals surface area (Å²) in [6.07, 6.45) is 1.06. The summed E-state index contributed by atoms with van der Waals surface area (Å²) >= 11 is 5.65. The zero-order chi connectivity index (χ0) is 13.1. The highest BCUT2D eigenvalue weighted by Gasteiger charge is 2.16. The van der Waals surface area contributed by atoms with Crippen LogP contribution in [0.5, 0.6) is 0 Å². The fraction of sp³-hybridized carbons (Fsp3) is 0.250. The van der Waals surface area contributed by atoms with Crippen molar-refractivity contribution in [3.05, 3.63) is 17.3 Å². The van der Waals surface area contributed by atoms with Crippen molar-refractivity contribution in [3.63, 3.8) is 0 Å². The van der Waals surface area contributed by atoms with Gasteiger partial charge in [-0.2, -0.15) is 0 Å². The van der Waals surface area contributed by atoms with E-state index in [0.717, 1.165) is 12.3 Å². The first-order valence-corrected chi connectivity index (χ1v) is 6.34. The summed E-state index contributed by atoms with van der Waals surface area (Å²) in [6, 6.07) is 1.16. The molecule has 1 aromatic heterocycles. The average Bonchev–Trinajstić information content (AvgIpc) is 2.29. The second-order valence-electron chi connectivity index (χ2n) is 3.04. The van der Waals surface area contributed by atoms with Crippen LogP contribution >= 0.6 is 11.6 Å². The Kier molecular flexibility index (Phi) is 4.27. The fourth-order valence-corrected chi connectivity index (χ4v) is 2.09. The van der Waals surface area contributed by atoms with E-state index in [1.165, 1.54) is 7.05 Å². The number of anilines is 1. The molecule has 4 N–H and O–H groups in total. The molecule has 0 spiro atoms. The van der Waals surface area contributed by atoms with Gasteiger partial charge in [0, 0.05) is 13.2 Å². The molecule has 1 aromatic rings. The number of nitrogens with two attached hydrogens (primary N) is 1. The summed E-state index contributed by atoms with van der Waals surface area (Å²) in [4.78, 5) is 14.4. The lowest BCUT2D eigenvalue weighted by Gasteiger charge is -2.06. The van der Waals surface area contributed by atoms with E-state index < -0.39 is 15.9 Å². The van der Waals surface area contributed by atoms with E-state index in [9.17, 15) is 13.2 Å². The number of carbonyl (C=O) groups excluding carboxylic acids is 1. The van der Waals surface area contributed by atoms with Crippen molar-refractivity contribution < 1.29 is 13.2 Å². The summed E-state index contributed by atoms with van der Waals surface area (Å²) in [7, 11) is -2.42. The van der Waals surface area contributed by atoms with Crippen molar-refractivity contribution in [2.75, 3.05) is 19.3 Å². The largest absolute Gasteiger partial charge is 0.382 e. The summed E-state index contributed by atoms with van der Waals surface area (Å²) in [5, 5.41) is 2.32. The van der Waals surface area contributed by atoms with Crippen molar-refractivity contribution in [1.29, 1.82) is 0 Å². The third-order valence-corrected chi connectivity index (χ3v) is 3.53. The van der Waals surface area contributed by atoms with E-state index in [1.807, 2.05) is 0 Å². The number of pyridine rings is 1. The highest BCUT2D eigenvalue weighted by atomic mass is 35.5. The van der Waals surface area contributed by atoms with Crippen LogP contribution in [0.25, 0.3) is 0 Å². The van der Waals surface area contributed by atoms with Crippen LogP contribution in [-0.4, -0.2) is 32.9 Å². The maximum Gasteiger partial charge on any atom is 0.242 e. The minimum atomic E-state index is -3.82. The van der Waals surface area contributed by atoms with Crippen LogP contribution in [0.4, 0.5) is 5.82 Å². The SMILES string of the molecule is CNC(=O)CNS(=O)(=O)c1cnc(N)c(Cl)c1. The Hall–Kier alpha value is -1.38. The number of hydrogen-bond acceptors (Lipinski definition) is 5. The van der Waals surface area contributed by atoms with Gasteiger partial charge < -0.3 is 11.1 Å². The van der Waals surface area contributed by atoms with Crippen LogP contribution in [-0.2, 0) is 14.8 Å². The molecule has 1 amide bonds. The van der Waals surface area contributed by atoms with Gasteiger partial charge in [0.15, 0.2) is 0 Å². The van der Waals surface area contributed by atoms with Crippen molar-refractivity contribution >= 4 is 33.3 Å². The highest BCUT2D eigenvalue weighted by Crippen LogP contribution is 2.19. The number of nitrogens with zero attached hydrogens (tertiary/aromatic N) is 1. The monoisotopic (exact) mass is 278 g/mol. The van der Waals surface area contributed by atoms with Gasteiger partial charge in [-0.1, -0.05) is 11.6 Å². The second kappa shape index (κ2) is 5.30. The number of nitrogen functional groups attached to an aromatic ring is 1. The van der Waals surface area contributed by atoms with E-state index in [4.69, 9.17) is 17.3 Å². The van der Waals surface area contributed by atoms with E-state index in [1.54, 1.807) is 0 Å². The maximum atomic E-state index is 11.7. The third kappa shape index (κ3) is 3.55. The number of nitrogens with one attached hydrogen (secondary N) is 2. The first-order valence-electron chi connectivity index (χ1n) is 4.48. The van der Waals surface area contributed by atoms with Crippen LogP contribution < -0.4 is 15.8 Å². The normalized spacial score (nSPS) is 11.2. The quantitative estimate of drug-likeness (QED) is 0.676. The lowest BCUT2D eigenvalue weighted by Crippen LogP contribution is -2.35. The number of halogens is 1. The molecule has 0 aliphatic rings. The van der Waals surface area contributed by atoms with Crippen LogP contribution in [0.2, 0.25) is 5.02 Å². The Morgan fingerprint density at radius 3 is 2.76 bits per heavy atom. The Labute approximate surface area is 103 Å². The standard InChI is InChI=1S/C8H11ClN4O3S/c1-11-7(14)4-13-17(15,16)5-2-6(9)8(10)12-3-5/h2-3,13H,4H2,1H3,(H2,10,12)(H,11,14). The summed E-state index contributed by atoms with van der Waals surface area (Å²) in [5.41, 5.74) is 5.35. The lowest BCUT2D eigenvalue weighted by molar-refractivity contribution is -0.119. The molecule has 7 nitrogen and oxygen atoms in total. The molecule has 0 saturated carbocycles. The van der Waals surface area contributed by atoms with Gasteiger partial charge in [0.1, 0.15) is 10.7 Å². The number of hydrogen-bond donors (Lipinski definition) is 3. The van der Waals surface area contributed by atoms with Gasteiger partial charge in [-0.05, 0) is 6.07 Å². The first kappa shape index (κ1) is 13.7. The average molecular weight is 279 g/mol. The number of rotatable bonds is 4. The predicted octanol–water partition coefficient (Wildman–Crippen LogP) is -0.659. The van der Waals surface area contributed by atoms with E-state index >= 15 is 0 Å². The Bertz CT molecular complexity index is 532. The van der Waals surface area contributed by atoms with Gasteiger partial charge in [-0.25, -0.2) is 18.1 Å². The molecule has 0 unspecified atom stereocenters. The first-order chi connectivity index (χ1) is 7.86. The summed E-state index contributed by atoms with van der Waals surface area (Å²) in [5.74, 6) is -0.417. The molecule has 0 radical (unpaired) electrons. The van der Waals surface area contributed by atoms with Gasteiger partial charge in [0.25, 0.3) is 0 Å². The predicted molar refractivity (Wildman–Crippen MR) is 62.9 cm³/mol. The molecule has 0 saturated heterocycles. The topological polar surface area (TPSA) is 114 Å². The van der Waals surface area contributed by atoms with Crippen molar-refractivity contribution in [2.45, 2.75) is 4.90 Å². The molecule has 17 heavy (non-hydrogen) atoms. The molecule has 0 aliphatic heterocycles. The Balaban J connectivity index is 2.90. The van der Waals surface area contributed by atoms with Gasteiger partial charge in [0.05, 0.1) is 11.6 Å². The highest BCUT2D eigenvalue weighted by molar-refractivity contribution is 7.89. The Morgan fingerprint density at radius 1 is 1.59 bits per heavy atom. The minimum absolute atomic E-state index is 0.0350. The smallest absolute Gasteiger partial charge is 0.242 e. The molecular weight excluding hydrogens is 268 g/mol. The van der Waals surface area contributed by atoms with Gasteiger partial charge in [0.2, 0.25) is 15.9 Å². The van der Waals surface area contributed by atoms with Crippen LogP contribution in [0.15, 0.2) is 17.2 Å². The van der Waals surface area contributed by atoms with Crippen molar-refractivity contribution in [3.8, 4) is 0 Å². The molecule has 0 atom stereocenters. The lowest BCUT2D eigenvalue weighted by atomic mass is 10.5. The zero-order valence-corrected chi connectivity index (χ0v) is 10.5. The van der Waals surface area contributed by atoms with E-state index in [0.29, 0.717) is 0 Å². The Morgan fingerprint density at radius 2 is 2.24 bits per heavy atom. The molecule has 9 heteroatoms. The van der Waals surface area contributed by atoms with Gasteiger partial charge >= 0.3 is 0 Å². The minimum Gasteiger partial charge on any atom is -0.382 e. The maximum absolute atomic E-state index is 11.7. The molecule has 0 bridgehead atoms. The number of amides is 1. The van der Waals surface area contributed by atoms with Gasteiger partial charge in [-0.3, -0.25) is 4.79 Å². The van der Waals surface area contributed by atoms with Gasteiger partial charge in [-0.15, -0.1) is 0 Å². The fourth-order valence-electron chi connectivity index (χ4n) is 0.910. The molecule has 0 aliphatic carbocycles. The molecule has 1 rings (SSSR count). The molecule has 94 valence electrons. The number of carbonyl (C=O) groups is 1. The molecule has 0 fully saturated rings. The zero-order valence-electron chi connectivity index (χ0n) is 8.90. The van der Waals surface area contributed by atoms with Crippen molar-refractivity contribution in [2.24, 2.45) is 0 Å². The number of aromatic nitrogens is 1. The number of sulfonamides is 1. The molecule has 0 aromatic carbocycles. The van der Waals surface area contributed by atoms with Crippen LogP contribution in [0, 0.1) is 0 Å². The molecular formula is C8H11ClN4O3S. The van der Waals surface area contributed by atoms with Crippen LogP contribution in [0.3, 0.4) is 0 Å². The van der Waals surface area contributed by atoms with E-state index in [2.05, 4.69) is 15.0 Å². The van der Waals surface area contributed by atoms with E-state index in [-0.39, 0.29) is 22.3 Å². The third-order valence-electron chi connectivity index (χ3n) is 1.86. The van der Waals surface area contributed by atoms with Crippen LogP contribution in [0.1, 0.15) is 0 Å².